The third kappa shape index (κ3) is 3.13. The summed E-state index contributed by atoms with van der Waals surface area (Å²) in [6.07, 6.45) is 8.52. The zero-order valence-electron chi connectivity index (χ0n) is 11.5. The molecule has 2 N–H and O–H groups in total. The first-order valence-corrected chi connectivity index (χ1v) is 7.37. The molecule has 0 saturated heterocycles. The Morgan fingerprint density at radius 2 is 2.05 bits per heavy atom. The number of nitrogens with zero attached hydrogens (tertiary/aromatic N) is 1. The number of hydrogen-bond donors (Lipinski definition) is 2. The number of rotatable bonds is 4. The maximum Gasteiger partial charge on any atom is 0.172 e. The molecule has 3 rings (SSSR count). The zero-order valence-corrected chi connectivity index (χ0v) is 12.3. The highest BCUT2D eigenvalue weighted by atomic mass is 32.2. The van der Waals surface area contributed by atoms with Crippen molar-refractivity contribution >= 4 is 17.8 Å². The highest BCUT2D eigenvalue weighted by Gasteiger charge is 2.06. The number of hydrogen-bond acceptors (Lipinski definition) is 3. The average molecular weight is 309 g/mol. The van der Waals surface area contributed by atoms with Crippen LogP contribution >= 0.6 is 11.9 Å². The summed E-state index contributed by atoms with van der Waals surface area (Å²) >= 11 is 1.28. The Morgan fingerprint density at radius 1 is 1.23 bits per heavy atom. The highest BCUT2D eigenvalue weighted by molar-refractivity contribution is 8.00. The summed E-state index contributed by atoms with van der Waals surface area (Å²) in [7, 11) is 0. The second-order valence-corrected chi connectivity index (χ2v) is 5.40. The van der Waals surface area contributed by atoms with Crippen molar-refractivity contribution < 1.29 is 4.39 Å². The SMILES string of the molecule is C#Cc1cnc(NSc2c[nH]c(-c3ccccc3)c2)c(F)c1. The van der Waals surface area contributed by atoms with Gasteiger partial charge in [0.05, 0.1) is 0 Å². The summed E-state index contributed by atoms with van der Waals surface area (Å²) in [6, 6.07) is 13.2. The van der Waals surface area contributed by atoms with Crippen LogP contribution in [0.3, 0.4) is 0 Å². The number of aromatic amines is 1. The van der Waals surface area contributed by atoms with E-state index in [0.29, 0.717) is 5.56 Å². The van der Waals surface area contributed by atoms with Gasteiger partial charge < -0.3 is 9.71 Å². The molecular formula is C17H12FN3S. The van der Waals surface area contributed by atoms with Gasteiger partial charge in [-0.1, -0.05) is 36.3 Å². The number of halogens is 1. The van der Waals surface area contributed by atoms with Gasteiger partial charge in [0, 0.05) is 28.5 Å². The molecule has 0 unspecified atom stereocenters. The number of aromatic nitrogens is 2. The number of benzene rings is 1. The summed E-state index contributed by atoms with van der Waals surface area (Å²) in [5.41, 5.74) is 2.51. The van der Waals surface area contributed by atoms with E-state index in [0.717, 1.165) is 16.2 Å². The molecule has 0 fully saturated rings. The maximum absolute atomic E-state index is 13.8. The van der Waals surface area contributed by atoms with E-state index in [1.165, 1.54) is 24.2 Å². The molecule has 2 aromatic heterocycles. The van der Waals surface area contributed by atoms with E-state index in [-0.39, 0.29) is 5.82 Å². The lowest BCUT2D eigenvalue weighted by atomic mass is 10.2. The highest BCUT2D eigenvalue weighted by Crippen LogP contribution is 2.26. The predicted molar refractivity (Wildman–Crippen MR) is 87.8 cm³/mol. The maximum atomic E-state index is 13.8. The van der Waals surface area contributed by atoms with Gasteiger partial charge in [-0.3, -0.25) is 0 Å². The molecule has 0 amide bonds. The number of nitrogens with one attached hydrogen (secondary N) is 2. The fraction of sp³-hybridized carbons (Fsp3) is 0. The molecule has 0 atom stereocenters. The van der Waals surface area contributed by atoms with Crippen LogP contribution in [0.4, 0.5) is 10.2 Å². The van der Waals surface area contributed by atoms with Gasteiger partial charge in [-0.2, -0.15) is 0 Å². The smallest absolute Gasteiger partial charge is 0.172 e. The van der Waals surface area contributed by atoms with Crippen LogP contribution in [0.5, 0.6) is 0 Å². The van der Waals surface area contributed by atoms with Crippen LogP contribution in [-0.2, 0) is 0 Å². The third-order valence-corrected chi connectivity index (χ3v) is 3.78. The van der Waals surface area contributed by atoms with Crippen molar-refractivity contribution in [1.82, 2.24) is 9.97 Å². The average Bonchev–Trinajstić information content (AvgIpc) is 3.03. The van der Waals surface area contributed by atoms with Crippen LogP contribution < -0.4 is 4.72 Å². The Hall–Kier alpha value is -2.71. The molecule has 0 aliphatic rings. The van der Waals surface area contributed by atoms with Crippen LogP contribution in [0.15, 0.2) is 59.8 Å². The summed E-state index contributed by atoms with van der Waals surface area (Å²) in [5, 5.41) is 0. The van der Waals surface area contributed by atoms with Crippen molar-refractivity contribution in [3.63, 3.8) is 0 Å². The molecule has 0 aliphatic carbocycles. The largest absolute Gasteiger partial charge is 0.360 e. The van der Waals surface area contributed by atoms with Gasteiger partial charge in [0.1, 0.15) is 0 Å². The molecule has 0 spiro atoms. The van der Waals surface area contributed by atoms with Gasteiger partial charge in [0.25, 0.3) is 0 Å². The van der Waals surface area contributed by atoms with Crippen LogP contribution in [-0.4, -0.2) is 9.97 Å². The van der Waals surface area contributed by atoms with Gasteiger partial charge in [-0.15, -0.1) is 6.42 Å². The molecule has 0 saturated carbocycles. The predicted octanol–water partition coefficient (Wildman–Crippen LogP) is 4.32. The van der Waals surface area contributed by atoms with Crippen molar-refractivity contribution in [1.29, 1.82) is 0 Å². The van der Waals surface area contributed by atoms with E-state index in [9.17, 15) is 4.39 Å². The van der Waals surface area contributed by atoms with Gasteiger partial charge in [-0.05, 0) is 29.6 Å². The summed E-state index contributed by atoms with van der Waals surface area (Å²) in [4.78, 5) is 8.09. The standard InChI is InChI=1S/C17H12FN3S/c1-2-12-8-15(18)17(20-10-12)21-22-14-9-16(19-11-14)13-6-4-3-5-7-13/h1,3-11,19H,(H,20,21). The van der Waals surface area contributed by atoms with E-state index in [1.54, 1.807) is 0 Å². The van der Waals surface area contributed by atoms with Crippen molar-refractivity contribution in [3.05, 3.63) is 66.2 Å². The Labute approximate surface area is 132 Å². The van der Waals surface area contributed by atoms with Crippen LogP contribution in [0, 0.1) is 18.2 Å². The Kier molecular flexibility index (Phi) is 4.12. The minimum Gasteiger partial charge on any atom is -0.360 e. The first-order chi connectivity index (χ1) is 10.8. The summed E-state index contributed by atoms with van der Waals surface area (Å²) in [5.74, 6) is 2.04. The monoisotopic (exact) mass is 309 g/mol. The molecule has 0 aliphatic heterocycles. The fourth-order valence-electron chi connectivity index (χ4n) is 1.92. The lowest BCUT2D eigenvalue weighted by molar-refractivity contribution is 0.627. The zero-order chi connectivity index (χ0) is 15.4. The van der Waals surface area contributed by atoms with Crippen molar-refractivity contribution in [2.75, 3.05) is 4.72 Å². The molecule has 0 bridgehead atoms. The number of pyridine rings is 1. The van der Waals surface area contributed by atoms with Crippen LogP contribution in [0.25, 0.3) is 11.3 Å². The van der Waals surface area contributed by atoms with E-state index in [4.69, 9.17) is 6.42 Å². The van der Waals surface area contributed by atoms with E-state index in [1.807, 2.05) is 42.6 Å². The topological polar surface area (TPSA) is 40.7 Å². The van der Waals surface area contributed by atoms with E-state index in [2.05, 4.69) is 20.6 Å². The molecule has 0 radical (unpaired) electrons. The summed E-state index contributed by atoms with van der Waals surface area (Å²) < 4.78 is 16.7. The molecule has 3 nitrogen and oxygen atoms in total. The van der Waals surface area contributed by atoms with Crippen molar-refractivity contribution in [2.24, 2.45) is 0 Å². The van der Waals surface area contributed by atoms with Crippen LogP contribution in [0.1, 0.15) is 5.56 Å². The third-order valence-electron chi connectivity index (χ3n) is 3.01. The molecule has 5 heteroatoms. The molecule has 22 heavy (non-hydrogen) atoms. The molecule has 1 aromatic carbocycles. The second-order valence-electron chi connectivity index (χ2n) is 4.52. The van der Waals surface area contributed by atoms with Gasteiger partial charge >= 0.3 is 0 Å². The Bertz CT molecular complexity index is 821. The van der Waals surface area contributed by atoms with Gasteiger partial charge in [0.2, 0.25) is 0 Å². The summed E-state index contributed by atoms with van der Waals surface area (Å²) in [6.45, 7) is 0. The number of anilines is 1. The second kappa shape index (κ2) is 6.37. The first kappa shape index (κ1) is 14.2. The minimum atomic E-state index is -0.471. The lowest BCUT2D eigenvalue weighted by Crippen LogP contribution is -1.95. The van der Waals surface area contributed by atoms with Gasteiger partial charge in [-0.25, -0.2) is 9.37 Å². The molecule has 2 heterocycles. The van der Waals surface area contributed by atoms with Crippen molar-refractivity contribution in [2.45, 2.75) is 4.90 Å². The molecule has 3 aromatic rings. The van der Waals surface area contributed by atoms with Gasteiger partial charge in [0.15, 0.2) is 11.6 Å². The fourth-order valence-corrected chi connectivity index (χ4v) is 2.58. The number of H-pyrrole nitrogens is 1. The quantitative estimate of drug-likeness (QED) is 0.557. The number of terminal acetylenes is 1. The van der Waals surface area contributed by atoms with Crippen LogP contribution in [0.2, 0.25) is 0 Å². The molecule has 108 valence electrons. The Balaban J connectivity index is 1.70. The lowest BCUT2D eigenvalue weighted by Gasteiger charge is -2.04. The minimum absolute atomic E-state index is 0.159. The molecular weight excluding hydrogens is 297 g/mol. The van der Waals surface area contributed by atoms with E-state index < -0.39 is 5.82 Å². The normalized spacial score (nSPS) is 10.2. The Morgan fingerprint density at radius 3 is 2.77 bits per heavy atom. The van der Waals surface area contributed by atoms with E-state index >= 15 is 0 Å². The van der Waals surface area contributed by atoms with Crippen molar-refractivity contribution in [3.8, 4) is 23.6 Å². The first-order valence-electron chi connectivity index (χ1n) is 6.55.